The van der Waals surface area contributed by atoms with Gasteiger partial charge in [0.25, 0.3) is 0 Å². The normalized spacial score (nSPS) is 10.8. The molecule has 0 aliphatic carbocycles. The summed E-state index contributed by atoms with van der Waals surface area (Å²) < 4.78 is 14.6. The molecule has 3 aromatic rings. The van der Waals surface area contributed by atoms with Gasteiger partial charge >= 0.3 is 5.97 Å². The molecule has 0 amide bonds. The van der Waals surface area contributed by atoms with Crippen LogP contribution in [-0.4, -0.2) is 26.1 Å². The van der Waals surface area contributed by atoms with Gasteiger partial charge in [-0.1, -0.05) is 17.3 Å². The first-order valence-electron chi connectivity index (χ1n) is 5.50. The van der Waals surface area contributed by atoms with Crippen LogP contribution in [0, 0.1) is 5.82 Å². The highest BCUT2D eigenvalue weighted by atomic mass is 19.1. The molecular formula is C13H8FN3O2. The van der Waals surface area contributed by atoms with Crippen LogP contribution in [0.15, 0.2) is 42.5 Å². The van der Waals surface area contributed by atoms with Crippen molar-refractivity contribution >= 4 is 17.0 Å². The lowest BCUT2D eigenvalue weighted by Gasteiger charge is -2.04. The fourth-order valence-electron chi connectivity index (χ4n) is 1.93. The van der Waals surface area contributed by atoms with Gasteiger partial charge in [-0.25, -0.2) is 13.9 Å². The lowest BCUT2D eigenvalue weighted by atomic mass is 10.2. The van der Waals surface area contributed by atoms with Crippen molar-refractivity contribution < 1.29 is 14.3 Å². The molecule has 0 radical (unpaired) electrons. The molecule has 5 nitrogen and oxygen atoms in total. The van der Waals surface area contributed by atoms with E-state index in [-0.39, 0.29) is 5.56 Å². The highest BCUT2D eigenvalue weighted by molar-refractivity contribution is 6.01. The second-order valence-electron chi connectivity index (χ2n) is 3.96. The number of para-hydroxylation sites is 1. The van der Waals surface area contributed by atoms with Gasteiger partial charge in [0.2, 0.25) is 0 Å². The monoisotopic (exact) mass is 257 g/mol. The van der Waals surface area contributed by atoms with Crippen LogP contribution in [-0.2, 0) is 0 Å². The number of aromatic nitrogens is 3. The summed E-state index contributed by atoms with van der Waals surface area (Å²) in [7, 11) is 0. The molecule has 0 bridgehead atoms. The van der Waals surface area contributed by atoms with Gasteiger partial charge in [0.05, 0.1) is 11.3 Å². The largest absolute Gasteiger partial charge is 0.478 e. The van der Waals surface area contributed by atoms with Crippen LogP contribution in [0.5, 0.6) is 0 Å². The van der Waals surface area contributed by atoms with Crippen molar-refractivity contribution in [2.24, 2.45) is 0 Å². The lowest BCUT2D eigenvalue weighted by molar-refractivity contribution is 0.0698. The molecule has 6 heteroatoms. The van der Waals surface area contributed by atoms with Crippen LogP contribution in [0.3, 0.4) is 0 Å². The highest BCUT2D eigenvalue weighted by Crippen LogP contribution is 2.20. The summed E-state index contributed by atoms with van der Waals surface area (Å²) in [6, 6.07) is 10.5. The van der Waals surface area contributed by atoms with E-state index in [0.29, 0.717) is 16.7 Å². The summed E-state index contributed by atoms with van der Waals surface area (Å²) in [5, 5.41) is 17.0. The van der Waals surface area contributed by atoms with Gasteiger partial charge in [-0.05, 0) is 30.3 Å². The Hall–Kier alpha value is -2.76. The Morgan fingerprint density at radius 1 is 1.21 bits per heavy atom. The maximum absolute atomic E-state index is 13.2. The van der Waals surface area contributed by atoms with Gasteiger partial charge in [-0.3, -0.25) is 0 Å². The second-order valence-corrected chi connectivity index (χ2v) is 3.96. The Balaban J connectivity index is 2.33. The van der Waals surface area contributed by atoms with Crippen molar-refractivity contribution in [3.63, 3.8) is 0 Å². The Morgan fingerprint density at radius 2 is 2.00 bits per heavy atom. The number of nitrogens with zero attached hydrogens (tertiary/aromatic N) is 3. The van der Waals surface area contributed by atoms with Gasteiger partial charge in [0.15, 0.2) is 0 Å². The number of carbonyl (C=O) groups is 1. The number of halogens is 1. The van der Waals surface area contributed by atoms with E-state index >= 15 is 0 Å². The van der Waals surface area contributed by atoms with Crippen LogP contribution < -0.4 is 0 Å². The van der Waals surface area contributed by atoms with Crippen LogP contribution >= 0.6 is 0 Å². The molecule has 2 aromatic carbocycles. The van der Waals surface area contributed by atoms with Crippen LogP contribution in [0.25, 0.3) is 16.7 Å². The number of carboxylic acid groups (broad SMARTS) is 1. The Bertz CT molecular complexity index is 782. The van der Waals surface area contributed by atoms with E-state index < -0.39 is 11.8 Å². The van der Waals surface area contributed by atoms with Crippen molar-refractivity contribution in [1.82, 2.24) is 15.0 Å². The van der Waals surface area contributed by atoms with E-state index in [2.05, 4.69) is 10.3 Å². The molecule has 0 saturated carbocycles. The van der Waals surface area contributed by atoms with Crippen molar-refractivity contribution in [2.75, 3.05) is 0 Å². The van der Waals surface area contributed by atoms with Gasteiger partial charge in [-0.2, -0.15) is 0 Å². The van der Waals surface area contributed by atoms with Crippen molar-refractivity contribution in [2.45, 2.75) is 0 Å². The topological polar surface area (TPSA) is 68.0 Å². The molecule has 1 aromatic heterocycles. The summed E-state index contributed by atoms with van der Waals surface area (Å²) >= 11 is 0. The number of carboxylic acids is 1. The third-order valence-corrected chi connectivity index (χ3v) is 2.75. The molecule has 0 fully saturated rings. The standard InChI is InChI=1S/C13H8FN3O2/c14-8-3-1-4-9(7-8)17-12-10(13(18)19)5-2-6-11(12)15-16-17/h1-7H,(H,18,19). The molecule has 3 rings (SSSR count). The van der Waals surface area contributed by atoms with Gasteiger partial charge in [0.1, 0.15) is 16.9 Å². The summed E-state index contributed by atoms with van der Waals surface area (Å²) in [6.07, 6.45) is 0. The van der Waals surface area contributed by atoms with E-state index in [1.165, 1.54) is 28.9 Å². The first-order valence-corrected chi connectivity index (χ1v) is 5.50. The lowest BCUT2D eigenvalue weighted by Crippen LogP contribution is -2.03. The SMILES string of the molecule is O=C(O)c1cccc2nnn(-c3cccc(F)c3)c12. The molecule has 94 valence electrons. The van der Waals surface area contributed by atoms with Gasteiger partial charge in [0, 0.05) is 0 Å². The zero-order valence-corrected chi connectivity index (χ0v) is 9.62. The van der Waals surface area contributed by atoms with Crippen molar-refractivity contribution in [3.8, 4) is 5.69 Å². The fraction of sp³-hybridized carbons (Fsp3) is 0. The molecule has 1 N–H and O–H groups in total. The van der Waals surface area contributed by atoms with E-state index in [1.54, 1.807) is 18.2 Å². The number of aromatic carboxylic acids is 1. The maximum Gasteiger partial charge on any atom is 0.337 e. The van der Waals surface area contributed by atoms with Gasteiger partial charge < -0.3 is 5.11 Å². The van der Waals surface area contributed by atoms with E-state index in [1.807, 2.05) is 0 Å². The van der Waals surface area contributed by atoms with E-state index in [9.17, 15) is 14.3 Å². The minimum Gasteiger partial charge on any atom is -0.478 e. The number of fused-ring (bicyclic) bond motifs is 1. The number of hydrogen-bond acceptors (Lipinski definition) is 3. The van der Waals surface area contributed by atoms with E-state index in [0.717, 1.165) is 0 Å². The molecule has 0 atom stereocenters. The maximum atomic E-state index is 13.2. The highest BCUT2D eigenvalue weighted by Gasteiger charge is 2.15. The number of hydrogen-bond donors (Lipinski definition) is 1. The first-order chi connectivity index (χ1) is 9.16. The predicted octanol–water partition coefficient (Wildman–Crippen LogP) is 2.26. The van der Waals surface area contributed by atoms with Crippen molar-refractivity contribution in [1.29, 1.82) is 0 Å². The average molecular weight is 257 g/mol. The third-order valence-electron chi connectivity index (χ3n) is 2.75. The fourth-order valence-corrected chi connectivity index (χ4v) is 1.93. The second kappa shape index (κ2) is 4.16. The minimum atomic E-state index is -1.08. The molecule has 0 aliphatic heterocycles. The Morgan fingerprint density at radius 3 is 2.74 bits per heavy atom. The molecule has 0 unspecified atom stereocenters. The predicted molar refractivity (Wildman–Crippen MR) is 65.8 cm³/mol. The van der Waals surface area contributed by atoms with Crippen molar-refractivity contribution in [3.05, 3.63) is 53.8 Å². The summed E-state index contributed by atoms with van der Waals surface area (Å²) in [5.74, 6) is -1.50. The Kier molecular flexibility index (Phi) is 2.49. The number of benzene rings is 2. The summed E-state index contributed by atoms with van der Waals surface area (Å²) in [6.45, 7) is 0. The number of rotatable bonds is 2. The van der Waals surface area contributed by atoms with Crippen LogP contribution in [0.4, 0.5) is 4.39 Å². The van der Waals surface area contributed by atoms with E-state index in [4.69, 9.17) is 0 Å². The van der Waals surface area contributed by atoms with Gasteiger partial charge in [-0.15, -0.1) is 5.10 Å². The zero-order chi connectivity index (χ0) is 13.4. The summed E-state index contributed by atoms with van der Waals surface area (Å²) in [5.41, 5.74) is 1.30. The molecule has 0 saturated heterocycles. The molecule has 1 heterocycles. The van der Waals surface area contributed by atoms with Crippen LogP contribution in [0.2, 0.25) is 0 Å². The Labute approximate surface area is 106 Å². The molecule has 0 spiro atoms. The first kappa shape index (κ1) is 11.3. The minimum absolute atomic E-state index is 0.0757. The average Bonchev–Trinajstić information content (AvgIpc) is 2.82. The zero-order valence-electron chi connectivity index (χ0n) is 9.62. The molecule has 0 aliphatic rings. The van der Waals surface area contributed by atoms with Crippen LogP contribution in [0.1, 0.15) is 10.4 Å². The molecular weight excluding hydrogens is 249 g/mol. The smallest absolute Gasteiger partial charge is 0.337 e. The quantitative estimate of drug-likeness (QED) is 0.764. The molecule has 19 heavy (non-hydrogen) atoms. The summed E-state index contributed by atoms with van der Waals surface area (Å²) in [4.78, 5) is 11.2. The third kappa shape index (κ3) is 1.83.